The highest BCUT2D eigenvalue weighted by Crippen LogP contribution is 2.23. The van der Waals surface area contributed by atoms with Crippen LogP contribution in [-0.4, -0.2) is 4.98 Å². The Labute approximate surface area is 103 Å². The highest BCUT2D eigenvalue weighted by Gasteiger charge is 2.09. The van der Waals surface area contributed by atoms with Gasteiger partial charge in [0, 0.05) is 12.5 Å². The number of nitrogens with one attached hydrogen (secondary N) is 1. The van der Waals surface area contributed by atoms with Crippen LogP contribution >= 0.6 is 0 Å². The van der Waals surface area contributed by atoms with Crippen molar-refractivity contribution >= 4 is 11.4 Å². The average molecular weight is 253 g/mol. The number of hydrogen-bond acceptors (Lipinski definition) is 4. The highest BCUT2D eigenvalue weighted by atomic mass is 19.1. The topological polar surface area (TPSA) is 64.1 Å². The van der Waals surface area contributed by atoms with Gasteiger partial charge in [0.05, 0.1) is 24.1 Å². The Balaban J connectivity index is 2.10. The molecular weight excluding hydrogens is 240 g/mol. The van der Waals surface area contributed by atoms with Gasteiger partial charge >= 0.3 is 0 Å². The molecule has 4 nitrogen and oxygen atoms in total. The third-order valence-electron chi connectivity index (χ3n) is 2.47. The van der Waals surface area contributed by atoms with Crippen LogP contribution in [0.5, 0.6) is 0 Å². The lowest BCUT2D eigenvalue weighted by Gasteiger charge is -2.08. The number of halogens is 2. The molecule has 0 bridgehead atoms. The van der Waals surface area contributed by atoms with Gasteiger partial charge in [0.1, 0.15) is 11.6 Å². The summed E-state index contributed by atoms with van der Waals surface area (Å²) in [5, 5.41) is 2.79. The van der Waals surface area contributed by atoms with Crippen molar-refractivity contribution in [2.24, 2.45) is 0 Å². The molecule has 0 spiro atoms. The molecule has 2 rings (SSSR count). The molecule has 0 aliphatic carbocycles. The third kappa shape index (κ3) is 2.58. The van der Waals surface area contributed by atoms with Gasteiger partial charge in [-0.1, -0.05) is 6.92 Å². The molecule has 1 aromatic carbocycles. The number of nitrogens with two attached hydrogens (primary N) is 1. The molecule has 0 aliphatic heterocycles. The molecule has 3 N–H and O–H groups in total. The molecule has 0 fully saturated rings. The molecule has 96 valence electrons. The van der Waals surface area contributed by atoms with Crippen LogP contribution in [0.3, 0.4) is 0 Å². The SMILES string of the molecule is CCc1cnc(CNc2cc(F)cc(F)c2N)o1. The number of aryl methyl sites for hydroxylation is 1. The lowest BCUT2D eigenvalue weighted by molar-refractivity contribution is 0.465. The van der Waals surface area contributed by atoms with Gasteiger partial charge in [0.25, 0.3) is 0 Å². The third-order valence-corrected chi connectivity index (χ3v) is 2.47. The standard InChI is InChI=1S/C12H13F2N3O/c1-2-8-5-17-11(18-8)6-16-10-4-7(13)3-9(14)12(10)15/h3-5,16H,2,6,15H2,1H3. The van der Waals surface area contributed by atoms with Crippen molar-refractivity contribution in [3.05, 3.63) is 41.6 Å². The molecule has 0 aliphatic rings. The summed E-state index contributed by atoms with van der Waals surface area (Å²) >= 11 is 0. The first-order chi connectivity index (χ1) is 8.60. The Hall–Kier alpha value is -2.11. The zero-order chi connectivity index (χ0) is 13.1. The number of benzene rings is 1. The Bertz CT molecular complexity index is 554. The highest BCUT2D eigenvalue weighted by molar-refractivity contribution is 5.66. The summed E-state index contributed by atoms with van der Waals surface area (Å²) < 4.78 is 31.6. The van der Waals surface area contributed by atoms with Gasteiger partial charge in [0.15, 0.2) is 5.82 Å². The molecule has 1 aromatic heterocycles. The van der Waals surface area contributed by atoms with E-state index in [4.69, 9.17) is 10.2 Å². The van der Waals surface area contributed by atoms with Gasteiger partial charge in [-0.25, -0.2) is 13.8 Å². The van der Waals surface area contributed by atoms with E-state index in [9.17, 15) is 8.78 Å². The van der Waals surface area contributed by atoms with Gasteiger partial charge in [-0.3, -0.25) is 0 Å². The van der Waals surface area contributed by atoms with Crippen LogP contribution < -0.4 is 11.1 Å². The van der Waals surface area contributed by atoms with Crippen molar-refractivity contribution in [3.63, 3.8) is 0 Å². The van der Waals surface area contributed by atoms with Gasteiger partial charge in [-0.05, 0) is 6.07 Å². The number of anilines is 2. The number of aromatic nitrogens is 1. The van der Waals surface area contributed by atoms with Crippen LogP contribution in [0.1, 0.15) is 18.6 Å². The predicted molar refractivity (Wildman–Crippen MR) is 64.0 cm³/mol. The van der Waals surface area contributed by atoms with Crippen molar-refractivity contribution in [2.45, 2.75) is 19.9 Å². The van der Waals surface area contributed by atoms with Crippen LogP contribution in [0, 0.1) is 11.6 Å². The summed E-state index contributed by atoms with van der Waals surface area (Å²) in [6.07, 6.45) is 2.36. The molecule has 0 atom stereocenters. The molecule has 2 aromatic rings. The average Bonchev–Trinajstić information content (AvgIpc) is 2.80. The smallest absolute Gasteiger partial charge is 0.213 e. The molecule has 0 unspecified atom stereocenters. The van der Waals surface area contributed by atoms with E-state index in [1.165, 1.54) is 0 Å². The zero-order valence-corrected chi connectivity index (χ0v) is 9.84. The Kier molecular flexibility index (Phi) is 3.45. The number of hydrogen-bond donors (Lipinski definition) is 2. The second kappa shape index (κ2) is 5.03. The fourth-order valence-corrected chi connectivity index (χ4v) is 1.50. The molecule has 0 radical (unpaired) electrons. The van der Waals surface area contributed by atoms with E-state index < -0.39 is 11.6 Å². The summed E-state index contributed by atoms with van der Waals surface area (Å²) in [5.41, 5.74) is 5.55. The normalized spacial score (nSPS) is 10.6. The van der Waals surface area contributed by atoms with Gasteiger partial charge < -0.3 is 15.5 Å². The summed E-state index contributed by atoms with van der Waals surface area (Å²) in [4.78, 5) is 4.02. The van der Waals surface area contributed by atoms with E-state index in [0.717, 1.165) is 24.3 Å². The maximum Gasteiger partial charge on any atom is 0.213 e. The minimum atomic E-state index is -0.792. The van der Waals surface area contributed by atoms with E-state index in [-0.39, 0.29) is 17.9 Å². The number of oxazole rings is 1. The predicted octanol–water partition coefficient (Wildman–Crippen LogP) is 2.71. The summed E-state index contributed by atoms with van der Waals surface area (Å²) in [6, 6.07) is 1.86. The first kappa shape index (κ1) is 12.3. The first-order valence-corrected chi connectivity index (χ1v) is 5.52. The van der Waals surface area contributed by atoms with E-state index >= 15 is 0 Å². The molecule has 0 saturated carbocycles. The lowest BCUT2D eigenvalue weighted by atomic mass is 10.2. The van der Waals surface area contributed by atoms with Crippen LogP contribution in [-0.2, 0) is 13.0 Å². The second-order valence-electron chi connectivity index (χ2n) is 3.78. The quantitative estimate of drug-likeness (QED) is 0.822. The van der Waals surface area contributed by atoms with E-state index in [1.807, 2.05) is 6.92 Å². The number of rotatable bonds is 4. The fraction of sp³-hybridized carbons (Fsp3) is 0.250. The summed E-state index contributed by atoms with van der Waals surface area (Å²) in [6.45, 7) is 2.16. The van der Waals surface area contributed by atoms with Crippen molar-refractivity contribution in [2.75, 3.05) is 11.1 Å². The molecule has 1 heterocycles. The first-order valence-electron chi connectivity index (χ1n) is 5.52. The largest absolute Gasteiger partial charge is 0.444 e. The van der Waals surface area contributed by atoms with E-state index in [1.54, 1.807) is 6.20 Å². The van der Waals surface area contributed by atoms with Gasteiger partial charge in [-0.15, -0.1) is 0 Å². The van der Waals surface area contributed by atoms with Crippen molar-refractivity contribution in [1.29, 1.82) is 0 Å². The minimum Gasteiger partial charge on any atom is -0.444 e. The maximum atomic E-state index is 13.2. The second-order valence-corrected chi connectivity index (χ2v) is 3.78. The van der Waals surface area contributed by atoms with Crippen molar-refractivity contribution in [3.8, 4) is 0 Å². The zero-order valence-electron chi connectivity index (χ0n) is 9.84. The van der Waals surface area contributed by atoms with E-state index in [0.29, 0.717) is 5.89 Å². The monoisotopic (exact) mass is 253 g/mol. The maximum absolute atomic E-state index is 13.2. The van der Waals surface area contributed by atoms with Crippen LogP contribution in [0.25, 0.3) is 0 Å². The number of nitrogens with zero attached hydrogens (tertiary/aromatic N) is 1. The van der Waals surface area contributed by atoms with Crippen LogP contribution in [0.2, 0.25) is 0 Å². The van der Waals surface area contributed by atoms with Gasteiger partial charge in [0.2, 0.25) is 5.89 Å². The molecule has 18 heavy (non-hydrogen) atoms. The van der Waals surface area contributed by atoms with Crippen LogP contribution in [0.15, 0.2) is 22.7 Å². The summed E-state index contributed by atoms with van der Waals surface area (Å²) in [5.74, 6) is -0.286. The minimum absolute atomic E-state index is 0.126. The Morgan fingerprint density at radius 1 is 1.39 bits per heavy atom. The van der Waals surface area contributed by atoms with Crippen molar-refractivity contribution < 1.29 is 13.2 Å². The Morgan fingerprint density at radius 3 is 2.83 bits per heavy atom. The van der Waals surface area contributed by atoms with Crippen molar-refractivity contribution in [1.82, 2.24) is 4.98 Å². The van der Waals surface area contributed by atoms with Crippen LogP contribution in [0.4, 0.5) is 20.2 Å². The van der Waals surface area contributed by atoms with Gasteiger partial charge in [-0.2, -0.15) is 0 Å². The molecule has 0 saturated heterocycles. The Morgan fingerprint density at radius 2 is 2.17 bits per heavy atom. The summed E-state index contributed by atoms with van der Waals surface area (Å²) in [7, 11) is 0. The number of nitrogen functional groups attached to an aromatic ring is 1. The fourth-order valence-electron chi connectivity index (χ4n) is 1.50. The lowest BCUT2D eigenvalue weighted by Crippen LogP contribution is -2.05. The molecule has 0 amide bonds. The molecular formula is C12H13F2N3O. The molecule has 6 heteroatoms. The van der Waals surface area contributed by atoms with E-state index in [2.05, 4.69) is 10.3 Å².